The fourth-order valence-electron chi connectivity index (χ4n) is 4.11. The Bertz CT molecular complexity index is 1330. The summed E-state index contributed by atoms with van der Waals surface area (Å²) in [6.07, 6.45) is 5.00. The molecule has 5 rings (SSSR count). The number of rotatable bonds is 5. The van der Waals surface area contributed by atoms with Gasteiger partial charge in [0.15, 0.2) is 0 Å². The van der Waals surface area contributed by atoms with E-state index in [-0.39, 0.29) is 20.1 Å². The summed E-state index contributed by atoms with van der Waals surface area (Å²) in [5.74, 6) is 0. The largest absolute Gasteiger partial charge is 0.305 e. The Hall–Kier alpha value is -3.17. The standard InChI is InChI=1S/C17H12N.C16H20NSi.Ir/c1-3-7-14(8-4-1)16-11-12-18-17(13-16)15-9-5-2-6-10-15;1-5-13-11-15(14-9-7-6-8-10-14)17-12-16(13)18(2,3)4;/h1-9,11-13H;6-9,11-12H,5H2,1-4H3;/q2*-1;. The van der Waals surface area contributed by atoms with E-state index in [0.29, 0.717) is 0 Å². The summed E-state index contributed by atoms with van der Waals surface area (Å²) in [6.45, 7) is 9.34. The Kier molecular flexibility index (Phi) is 10.3. The van der Waals surface area contributed by atoms with Crippen LogP contribution in [0.1, 0.15) is 12.5 Å². The van der Waals surface area contributed by atoms with Gasteiger partial charge in [0.1, 0.15) is 0 Å². The minimum atomic E-state index is -1.30. The molecule has 0 aliphatic carbocycles. The second-order valence-electron chi connectivity index (χ2n) is 9.68. The van der Waals surface area contributed by atoms with Crippen LogP contribution in [-0.2, 0) is 26.5 Å². The molecule has 0 bridgehead atoms. The zero-order valence-electron chi connectivity index (χ0n) is 21.8. The number of hydrogen-bond acceptors (Lipinski definition) is 2. The van der Waals surface area contributed by atoms with Gasteiger partial charge in [0, 0.05) is 32.5 Å². The van der Waals surface area contributed by atoms with Crippen molar-refractivity contribution < 1.29 is 20.1 Å². The SMILES string of the molecule is CCc1cc(-c2[c-]cccc2)ncc1[Si](C)(C)C.[Ir].[c-]1ccccc1-c1cc(-c2ccccc2)ccn1. The van der Waals surface area contributed by atoms with Crippen LogP contribution in [0.3, 0.4) is 0 Å². The molecule has 3 aromatic carbocycles. The van der Waals surface area contributed by atoms with Gasteiger partial charge in [-0.3, -0.25) is 0 Å². The predicted octanol–water partition coefficient (Wildman–Crippen LogP) is 7.87. The Balaban J connectivity index is 0.000000200. The molecular weight excluding hydrogens is 645 g/mol. The van der Waals surface area contributed by atoms with Crippen LogP contribution in [0.15, 0.2) is 109 Å². The molecule has 0 fully saturated rings. The van der Waals surface area contributed by atoms with Gasteiger partial charge in [0.05, 0.1) is 8.07 Å². The number of aromatic nitrogens is 2. The van der Waals surface area contributed by atoms with E-state index in [1.54, 1.807) is 0 Å². The van der Waals surface area contributed by atoms with Crippen LogP contribution in [0.5, 0.6) is 0 Å². The van der Waals surface area contributed by atoms with E-state index < -0.39 is 8.07 Å². The molecule has 5 aromatic rings. The zero-order chi connectivity index (χ0) is 25.4. The van der Waals surface area contributed by atoms with E-state index in [2.05, 4.69) is 85.2 Å². The molecule has 1 radical (unpaired) electrons. The zero-order valence-corrected chi connectivity index (χ0v) is 25.2. The van der Waals surface area contributed by atoms with Crippen molar-refractivity contribution in [3.63, 3.8) is 0 Å². The van der Waals surface area contributed by atoms with Crippen LogP contribution in [0.4, 0.5) is 0 Å². The molecule has 0 aliphatic heterocycles. The minimum Gasteiger partial charge on any atom is -0.305 e. The number of nitrogens with zero attached hydrogens (tertiary/aromatic N) is 2. The molecule has 0 aliphatic rings. The first-order chi connectivity index (χ1) is 17.5. The Morgan fingerprint density at radius 1 is 0.676 bits per heavy atom. The van der Waals surface area contributed by atoms with Crippen LogP contribution in [-0.4, -0.2) is 18.0 Å². The van der Waals surface area contributed by atoms with Gasteiger partial charge in [0.2, 0.25) is 0 Å². The van der Waals surface area contributed by atoms with Crippen molar-refractivity contribution in [2.45, 2.75) is 33.0 Å². The van der Waals surface area contributed by atoms with Crippen LogP contribution in [0.2, 0.25) is 19.6 Å². The summed E-state index contributed by atoms with van der Waals surface area (Å²) in [4.78, 5) is 9.03. The van der Waals surface area contributed by atoms with E-state index in [4.69, 9.17) is 0 Å². The van der Waals surface area contributed by atoms with E-state index in [0.717, 1.165) is 28.9 Å². The summed E-state index contributed by atoms with van der Waals surface area (Å²) in [5.41, 5.74) is 7.92. The second-order valence-corrected chi connectivity index (χ2v) is 14.7. The van der Waals surface area contributed by atoms with Gasteiger partial charge in [-0.15, -0.1) is 71.8 Å². The molecule has 0 atom stereocenters. The first kappa shape index (κ1) is 28.4. The molecule has 0 amide bonds. The average molecular weight is 677 g/mol. The first-order valence-electron chi connectivity index (χ1n) is 12.4. The normalized spacial score (nSPS) is 10.6. The van der Waals surface area contributed by atoms with Gasteiger partial charge in [-0.1, -0.05) is 74.6 Å². The van der Waals surface area contributed by atoms with Crippen molar-refractivity contribution in [3.05, 3.63) is 127 Å². The molecule has 0 saturated carbocycles. The van der Waals surface area contributed by atoms with Crippen molar-refractivity contribution in [2.75, 3.05) is 0 Å². The predicted molar refractivity (Wildman–Crippen MR) is 155 cm³/mol. The molecule has 2 aromatic heterocycles. The van der Waals surface area contributed by atoms with Crippen LogP contribution >= 0.6 is 0 Å². The van der Waals surface area contributed by atoms with Crippen LogP contribution in [0.25, 0.3) is 33.6 Å². The van der Waals surface area contributed by atoms with Crippen molar-refractivity contribution in [1.82, 2.24) is 9.97 Å². The maximum Gasteiger partial charge on any atom is 0.0798 e. The number of benzene rings is 3. The second kappa shape index (κ2) is 13.4. The van der Waals surface area contributed by atoms with E-state index in [1.165, 1.54) is 21.9 Å². The quantitative estimate of drug-likeness (QED) is 0.140. The first-order valence-corrected chi connectivity index (χ1v) is 15.9. The third kappa shape index (κ3) is 7.66. The van der Waals surface area contributed by atoms with Crippen molar-refractivity contribution >= 4 is 13.3 Å². The molecule has 0 saturated heterocycles. The summed E-state index contributed by atoms with van der Waals surface area (Å²) >= 11 is 0. The maximum atomic E-state index is 4.63. The molecule has 0 unspecified atom stereocenters. The Morgan fingerprint density at radius 3 is 1.81 bits per heavy atom. The van der Waals surface area contributed by atoms with Gasteiger partial charge < -0.3 is 9.97 Å². The van der Waals surface area contributed by atoms with Gasteiger partial charge in [0.25, 0.3) is 0 Å². The average Bonchev–Trinajstić information content (AvgIpc) is 2.94. The topological polar surface area (TPSA) is 25.8 Å². The maximum absolute atomic E-state index is 4.63. The molecule has 0 spiro atoms. The minimum absolute atomic E-state index is 0. The fraction of sp³-hybridized carbons (Fsp3) is 0.152. The Morgan fingerprint density at radius 2 is 1.27 bits per heavy atom. The van der Waals surface area contributed by atoms with E-state index >= 15 is 0 Å². The van der Waals surface area contributed by atoms with Crippen LogP contribution < -0.4 is 5.19 Å². The van der Waals surface area contributed by atoms with Gasteiger partial charge in [-0.25, -0.2) is 0 Å². The van der Waals surface area contributed by atoms with Crippen molar-refractivity contribution in [1.29, 1.82) is 0 Å². The monoisotopic (exact) mass is 677 g/mol. The third-order valence-electron chi connectivity index (χ3n) is 6.02. The number of aryl methyl sites for hydroxylation is 1. The van der Waals surface area contributed by atoms with Crippen LogP contribution in [0, 0.1) is 12.1 Å². The summed E-state index contributed by atoms with van der Waals surface area (Å²) in [5, 5.41) is 1.48. The molecular formula is C33H32IrN2Si-2. The molecule has 4 heteroatoms. The third-order valence-corrected chi connectivity index (χ3v) is 8.08. The van der Waals surface area contributed by atoms with Crippen molar-refractivity contribution in [2.24, 2.45) is 0 Å². The fourth-order valence-corrected chi connectivity index (χ4v) is 5.77. The molecule has 189 valence electrons. The van der Waals surface area contributed by atoms with Gasteiger partial charge >= 0.3 is 0 Å². The molecule has 2 nitrogen and oxygen atoms in total. The number of pyridine rings is 2. The molecule has 37 heavy (non-hydrogen) atoms. The molecule has 2 heterocycles. The van der Waals surface area contributed by atoms with Gasteiger partial charge in [-0.05, 0) is 40.2 Å². The van der Waals surface area contributed by atoms with Crippen molar-refractivity contribution in [3.8, 4) is 33.6 Å². The summed E-state index contributed by atoms with van der Waals surface area (Å²) < 4.78 is 0. The molecule has 0 N–H and O–H groups in total. The van der Waals surface area contributed by atoms with E-state index in [1.807, 2.05) is 72.9 Å². The van der Waals surface area contributed by atoms with Gasteiger partial charge in [-0.2, -0.15) is 0 Å². The number of hydrogen-bond donors (Lipinski definition) is 0. The summed E-state index contributed by atoms with van der Waals surface area (Å²) in [6, 6.07) is 39.1. The van der Waals surface area contributed by atoms with E-state index in [9.17, 15) is 0 Å². The summed E-state index contributed by atoms with van der Waals surface area (Å²) in [7, 11) is -1.30. The Labute approximate surface area is 236 Å². The smallest absolute Gasteiger partial charge is 0.0798 e.